The van der Waals surface area contributed by atoms with Crippen LogP contribution in [0.1, 0.15) is 29.9 Å². The molecule has 25 heavy (non-hydrogen) atoms. The largest absolute Gasteiger partial charge is 0.492 e. The highest BCUT2D eigenvalue weighted by Crippen LogP contribution is 2.23. The Bertz CT molecular complexity index is 663. The van der Waals surface area contributed by atoms with Crippen LogP contribution in [0.5, 0.6) is 5.75 Å². The lowest BCUT2D eigenvalue weighted by atomic mass is 9.92. The highest BCUT2D eigenvalue weighted by molar-refractivity contribution is 5.76. The summed E-state index contributed by atoms with van der Waals surface area (Å²) in [5.41, 5.74) is 1.84. The van der Waals surface area contributed by atoms with Crippen molar-refractivity contribution in [2.45, 2.75) is 25.2 Å². The molecule has 1 fully saturated rings. The molecular formula is C21H25NO3. The number of hydrogen-bond donors (Lipinski definition) is 1. The van der Waals surface area contributed by atoms with Crippen molar-refractivity contribution >= 4 is 5.97 Å². The molecule has 1 aliphatic rings. The summed E-state index contributed by atoms with van der Waals surface area (Å²) in [5.74, 6) is -0.477. The van der Waals surface area contributed by atoms with Gasteiger partial charge in [-0.25, -0.2) is 0 Å². The fraction of sp³-hybridized carbons (Fsp3) is 0.381. The molecule has 3 rings (SSSR count). The molecule has 1 heterocycles. The summed E-state index contributed by atoms with van der Waals surface area (Å²) in [7, 11) is 0. The highest BCUT2D eigenvalue weighted by Gasteiger charge is 2.20. The van der Waals surface area contributed by atoms with Crippen LogP contribution in [0.15, 0.2) is 54.6 Å². The van der Waals surface area contributed by atoms with Crippen molar-refractivity contribution < 1.29 is 14.6 Å². The first-order valence-corrected chi connectivity index (χ1v) is 8.94. The Morgan fingerprint density at radius 1 is 1.04 bits per heavy atom. The van der Waals surface area contributed by atoms with Gasteiger partial charge in [0.05, 0.1) is 5.92 Å². The maximum Gasteiger partial charge on any atom is 0.311 e. The molecule has 1 saturated heterocycles. The molecule has 1 atom stereocenters. The van der Waals surface area contributed by atoms with Gasteiger partial charge in [0.2, 0.25) is 0 Å². The van der Waals surface area contributed by atoms with Gasteiger partial charge in [-0.2, -0.15) is 0 Å². The Balaban J connectivity index is 1.54. The first-order valence-electron chi connectivity index (χ1n) is 8.94. The van der Waals surface area contributed by atoms with Gasteiger partial charge in [-0.05, 0) is 55.6 Å². The van der Waals surface area contributed by atoms with Gasteiger partial charge in [-0.3, -0.25) is 9.69 Å². The third-order valence-electron chi connectivity index (χ3n) is 4.74. The lowest BCUT2D eigenvalue weighted by Gasteiger charge is -2.15. The summed E-state index contributed by atoms with van der Waals surface area (Å²) >= 11 is 0. The van der Waals surface area contributed by atoms with Gasteiger partial charge in [-0.1, -0.05) is 42.5 Å². The number of carboxylic acids is 1. The zero-order chi connectivity index (χ0) is 17.5. The summed E-state index contributed by atoms with van der Waals surface area (Å²) in [5, 5.41) is 9.53. The second-order valence-electron chi connectivity index (χ2n) is 6.55. The molecule has 132 valence electrons. The molecule has 4 nitrogen and oxygen atoms in total. The fourth-order valence-electron chi connectivity index (χ4n) is 3.29. The van der Waals surface area contributed by atoms with Crippen molar-refractivity contribution in [1.82, 2.24) is 4.90 Å². The van der Waals surface area contributed by atoms with E-state index in [9.17, 15) is 9.90 Å². The van der Waals surface area contributed by atoms with Crippen LogP contribution >= 0.6 is 0 Å². The van der Waals surface area contributed by atoms with Gasteiger partial charge in [0, 0.05) is 6.54 Å². The molecular weight excluding hydrogens is 314 g/mol. The van der Waals surface area contributed by atoms with Gasteiger partial charge < -0.3 is 9.84 Å². The molecule has 0 aliphatic carbocycles. The Labute approximate surface area is 149 Å². The van der Waals surface area contributed by atoms with Crippen LogP contribution in [-0.4, -0.2) is 42.2 Å². The molecule has 0 bridgehead atoms. The first-order chi connectivity index (χ1) is 12.2. The summed E-state index contributed by atoms with van der Waals surface area (Å²) in [6, 6.07) is 17.2. The van der Waals surface area contributed by atoms with E-state index in [0.717, 1.165) is 23.4 Å². The zero-order valence-electron chi connectivity index (χ0n) is 14.4. The van der Waals surface area contributed by atoms with Gasteiger partial charge in [-0.15, -0.1) is 0 Å². The number of nitrogens with zero attached hydrogens (tertiary/aromatic N) is 1. The van der Waals surface area contributed by atoms with Crippen molar-refractivity contribution in [3.05, 3.63) is 65.7 Å². The van der Waals surface area contributed by atoms with Crippen LogP contribution in [0.2, 0.25) is 0 Å². The number of ether oxygens (including phenoxy) is 1. The van der Waals surface area contributed by atoms with Crippen molar-refractivity contribution in [3.8, 4) is 5.75 Å². The van der Waals surface area contributed by atoms with Crippen molar-refractivity contribution in [3.63, 3.8) is 0 Å². The summed E-state index contributed by atoms with van der Waals surface area (Å²) < 4.78 is 5.80. The van der Waals surface area contributed by atoms with Crippen molar-refractivity contribution in [2.24, 2.45) is 0 Å². The predicted molar refractivity (Wildman–Crippen MR) is 98.1 cm³/mol. The van der Waals surface area contributed by atoms with E-state index < -0.39 is 11.9 Å². The van der Waals surface area contributed by atoms with Gasteiger partial charge in [0.25, 0.3) is 0 Å². The van der Waals surface area contributed by atoms with E-state index in [1.165, 1.54) is 25.9 Å². The van der Waals surface area contributed by atoms with Gasteiger partial charge in [0.15, 0.2) is 0 Å². The standard InChI is InChI=1S/C21H25NO3/c23-21(24)20(18-6-2-1-3-7-18)16-17-8-10-19(11-9-17)25-15-14-22-12-4-5-13-22/h1-3,6-11,20H,4-5,12-16H2,(H,23,24). The molecule has 2 aromatic carbocycles. The van der Waals surface area contributed by atoms with Crippen LogP contribution in [0.4, 0.5) is 0 Å². The molecule has 0 aromatic heterocycles. The van der Waals surface area contributed by atoms with E-state index in [2.05, 4.69) is 4.90 Å². The zero-order valence-corrected chi connectivity index (χ0v) is 14.4. The highest BCUT2D eigenvalue weighted by atomic mass is 16.5. The van der Waals surface area contributed by atoms with E-state index in [0.29, 0.717) is 13.0 Å². The first kappa shape index (κ1) is 17.5. The molecule has 1 aliphatic heterocycles. The average molecular weight is 339 g/mol. The van der Waals surface area contributed by atoms with E-state index >= 15 is 0 Å². The topological polar surface area (TPSA) is 49.8 Å². The van der Waals surface area contributed by atoms with Crippen LogP contribution in [0.25, 0.3) is 0 Å². The molecule has 0 saturated carbocycles. The lowest BCUT2D eigenvalue weighted by molar-refractivity contribution is -0.138. The number of carboxylic acid groups (broad SMARTS) is 1. The predicted octanol–water partition coefficient (Wildman–Crippen LogP) is 3.57. The molecule has 2 aromatic rings. The van der Waals surface area contributed by atoms with E-state index in [-0.39, 0.29) is 0 Å². The molecule has 0 spiro atoms. The van der Waals surface area contributed by atoms with Crippen molar-refractivity contribution in [2.75, 3.05) is 26.2 Å². The molecule has 1 unspecified atom stereocenters. The van der Waals surface area contributed by atoms with E-state index in [4.69, 9.17) is 4.74 Å². The molecule has 4 heteroatoms. The van der Waals surface area contributed by atoms with Gasteiger partial charge in [0.1, 0.15) is 12.4 Å². The van der Waals surface area contributed by atoms with Crippen LogP contribution in [0.3, 0.4) is 0 Å². The third-order valence-corrected chi connectivity index (χ3v) is 4.74. The number of carbonyl (C=O) groups is 1. The minimum absolute atomic E-state index is 0.480. The molecule has 0 amide bonds. The Morgan fingerprint density at radius 2 is 1.72 bits per heavy atom. The number of rotatable bonds is 8. The monoisotopic (exact) mass is 339 g/mol. The van der Waals surface area contributed by atoms with Crippen LogP contribution < -0.4 is 4.74 Å². The lowest BCUT2D eigenvalue weighted by Crippen LogP contribution is -2.25. The van der Waals surface area contributed by atoms with Crippen molar-refractivity contribution in [1.29, 1.82) is 0 Å². The summed E-state index contributed by atoms with van der Waals surface area (Å²) in [4.78, 5) is 14.0. The SMILES string of the molecule is O=C(O)C(Cc1ccc(OCCN2CCCC2)cc1)c1ccccc1. The van der Waals surface area contributed by atoms with E-state index in [1.54, 1.807) is 0 Å². The number of hydrogen-bond acceptors (Lipinski definition) is 3. The second kappa shape index (κ2) is 8.67. The van der Waals surface area contributed by atoms with Crippen LogP contribution in [-0.2, 0) is 11.2 Å². The quantitative estimate of drug-likeness (QED) is 0.799. The summed E-state index contributed by atoms with van der Waals surface area (Å²) in [6.07, 6.45) is 3.06. The number of aliphatic carboxylic acids is 1. The Morgan fingerprint density at radius 3 is 2.36 bits per heavy atom. The number of likely N-dealkylation sites (tertiary alicyclic amines) is 1. The Hall–Kier alpha value is -2.33. The maximum atomic E-state index is 11.6. The second-order valence-corrected chi connectivity index (χ2v) is 6.55. The summed E-state index contributed by atoms with van der Waals surface area (Å²) in [6.45, 7) is 4.02. The normalized spacial score (nSPS) is 15.8. The smallest absolute Gasteiger partial charge is 0.311 e. The van der Waals surface area contributed by atoms with E-state index in [1.807, 2.05) is 54.6 Å². The fourth-order valence-corrected chi connectivity index (χ4v) is 3.29. The van der Waals surface area contributed by atoms with Gasteiger partial charge >= 0.3 is 5.97 Å². The minimum Gasteiger partial charge on any atom is -0.492 e. The molecule has 1 N–H and O–H groups in total. The maximum absolute atomic E-state index is 11.6. The molecule has 0 radical (unpaired) electrons. The third kappa shape index (κ3) is 5.07. The Kier molecular flexibility index (Phi) is 6.07. The van der Waals surface area contributed by atoms with Crippen LogP contribution in [0, 0.1) is 0 Å². The number of benzene rings is 2. The average Bonchev–Trinajstić information content (AvgIpc) is 3.15. The minimum atomic E-state index is -0.794.